The normalized spacial score (nSPS) is 17.9. The van der Waals surface area contributed by atoms with Gasteiger partial charge in [0.25, 0.3) is 0 Å². The molecule has 0 aliphatic carbocycles. The minimum atomic E-state index is 0. The van der Waals surface area contributed by atoms with Gasteiger partial charge in [0.15, 0.2) is 5.82 Å². The second-order valence-corrected chi connectivity index (χ2v) is 6.09. The van der Waals surface area contributed by atoms with Gasteiger partial charge in [-0.1, -0.05) is 0 Å². The molecule has 1 atom stereocenters. The number of hydrogen-bond acceptors (Lipinski definition) is 5. The minimum Gasteiger partial charge on any atom is -0.351 e. The van der Waals surface area contributed by atoms with Crippen LogP contribution in [0.5, 0.6) is 0 Å². The smallest absolute Gasteiger partial charge is 0.155 e. The summed E-state index contributed by atoms with van der Waals surface area (Å²) in [5, 5.41) is 8.66. The third kappa shape index (κ3) is 2.85. The largest absolute Gasteiger partial charge is 0.351 e. The first-order valence-corrected chi connectivity index (χ1v) is 8.06. The van der Waals surface area contributed by atoms with Crippen LogP contribution in [0, 0.1) is 0 Å². The van der Waals surface area contributed by atoms with Crippen molar-refractivity contribution in [3.05, 3.63) is 30.9 Å². The molecule has 0 saturated carbocycles. The number of hydrogen-bond donors (Lipinski definition) is 1. The SMILES string of the molecule is Cl.Cn1cc(-c2cn3nccc3c(N3CCCCC3CN)n2)cn1. The van der Waals surface area contributed by atoms with E-state index in [4.69, 9.17) is 10.7 Å². The lowest BCUT2D eigenvalue weighted by Gasteiger charge is -2.36. The molecule has 3 aromatic rings. The molecule has 0 spiro atoms. The average molecular weight is 348 g/mol. The number of aromatic nitrogens is 5. The molecule has 24 heavy (non-hydrogen) atoms. The molecule has 1 unspecified atom stereocenters. The molecule has 128 valence electrons. The van der Waals surface area contributed by atoms with Crippen LogP contribution in [-0.2, 0) is 7.05 Å². The molecule has 0 radical (unpaired) electrons. The Bertz CT molecular complexity index is 825. The lowest BCUT2D eigenvalue weighted by Crippen LogP contribution is -2.44. The molecule has 1 fully saturated rings. The molecule has 0 amide bonds. The Hall–Kier alpha value is -2.12. The molecular weight excluding hydrogens is 326 g/mol. The maximum atomic E-state index is 6.00. The Kier molecular flexibility index (Phi) is 4.73. The summed E-state index contributed by atoms with van der Waals surface area (Å²) in [6.45, 7) is 1.64. The van der Waals surface area contributed by atoms with Crippen molar-refractivity contribution in [2.45, 2.75) is 25.3 Å². The summed E-state index contributed by atoms with van der Waals surface area (Å²) in [6, 6.07) is 2.36. The van der Waals surface area contributed by atoms with Crippen molar-refractivity contribution in [1.82, 2.24) is 24.4 Å². The molecule has 0 bridgehead atoms. The summed E-state index contributed by atoms with van der Waals surface area (Å²) in [5.74, 6) is 0.971. The van der Waals surface area contributed by atoms with E-state index in [-0.39, 0.29) is 12.4 Å². The van der Waals surface area contributed by atoms with E-state index in [0.717, 1.165) is 35.6 Å². The Morgan fingerprint density at radius 3 is 2.88 bits per heavy atom. The highest BCUT2D eigenvalue weighted by molar-refractivity contribution is 5.85. The van der Waals surface area contributed by atoms with Gasteiger partial charge < -0.3 is 10.6 Å². The van der Waals surface area contributed by atoms with Crippen LogP contribution >= 0.6 is 12.4 Å². The molecule has 3 aromatic heterocycles. The summed E-state index contributed by atoms with van der Waals surface area (Å²) >= 11 is 0. The van der Waals surface area contributed by atoms with Gasteiger partial charge in [0, 0.05) is 37.9 Å². The summed E-state index contributed by atoms with van der Waals surface area (Å²) in [4.78, 5) is 7.28. The second-order valence-electron chi connectivity index (χ2n) is 6.09. The van der Waals surface area contributed by atoms with E-state index in [2.05, 4.69) is 15.1 Å². The first-order chi connectivity index (χ1) is 11.3. The van der Waals surface area contributed by atoms with Gasteiger partial charge in [0.05, 0.1) is 24.3 Å². The number of aryl methyl sites for hydroxylation is 1. The van der Waals surface area contributed by atoms with E-state index in [1.807, 2.05) is 42.4 Å². The van der Waals surface area contributed by atoms with Gasteiger partial charge in [-0.15, -0.1) is 12.4 Å². The van der Waals surface area contributed by atoms with Gasteiger partial charge in [-0.05, 0) is 25.3 Å². The van der Waals surface area contributed by atoms with E-state index >= 15 is 0 Å². The average Bonchev–Trinajstić information content (AvgIpc) is 3.22. The van der Waals surface area contributed by atoms with Gasteiger partial charge >= 0.3 is 0 Å². The summed E-state index contributed by atoms with van der Waals surface area (Å²) in [7, 11) is 1.91. The van der Waals surface area contributed by atoms with Crippen molar-refractivity contribution in [2.75, 3.05) is 18.0 Å². The molecule has 4 heterocycles. The molecule has 7 nitrogen and oxygen atoms in total. The zero-order chi connectivity index (χ0) is 15.8. The topological polar surface area (TPSA) is 77.3 Å². The van der Waals surface area contributed by atoms with Crippen molar-refractivity contribution >= 4 is 23.7 Å². The van der Waals surface area contributed by atoms with Gasteiger partial charge in [-0.2, -0.15) is 10.2 Å². The predicted molar refractivity (Wildman–Crippen MR) is 96.5 cm³/mol. The van der Waals surface area contributed by atoms with Gasteiger partial charge in [-0.25, -0.2) is 9.50 Å². The molecular formula is C16H22ClN7. The quantitative estimate of drug-likeness (QED) is 0.782. The van der Waals surface area contributed by atoms with Crippen LogP contribution in [0.25, 0.3) is 16.8 Å². The molecule has 1 aliphatic rings. The first-order valence-electron chi connectivity index (χ1n) is 8.06. The third-order valence-corrected chi connectivity index (χ3v) is 4.54. The monoisotopic (exact) mass is 347 g/mol. The number of rotatable bonds is 3. The predicted octanol–water partition coefficient (Wildman–Crippen LogP) is 1.87. The lowest BCUT2D eigenvalue weighted by atomic mass is 10.0. The van der Waals surface area contributed by atoms with Crippen molar-refractivity contribution < 1.29 is 0 Å². The van der Waals surface area contributed by atoms with Crippen LogP contribution in [0.1, 0.15) is 19.3 Å². The van der Waals surface area contributed by atoms with Crippen molar-refractivity contribution in [3.63, 3.8) is 0 Å². The fourth-order valence-electron chi connectivity index (χ4n) is 3.34. The zero-order valence-corrected chi connectivity index (χ0v) is 14.5. The Morgan fingerprint density at radius 2 is 2.12 bits per heavy atom. The highest BCUT2D eigenvalue weighted by Gasteiger charge is 2.25. The van der Waals surface area contributed by atoms with E-state index < -0.39 is 0 Å². The van der Waals surface area contributed by atoms with Crippen molar-refractivity contribution in [1.29, 1.82) is 0 Å². The highest BCUT2D eigenvalue weighted by atomic mass is 35.5. The molecule has 1 saturated heterocycles. The van der Waals surface area contributed by atoms with Crippen molar-refractivity contribution in [2.24, 2.45) is 12.8 Å². The van der Waals surface area contributed by atoms with E-state index in [0.29, 0.717) is 12.6 Å². The fourth-order valence-corrected chi connectivity index (χ4v) is 3.34. The van der Waals surface area contributed by atoms with Crippen LogP contribution in [-0.4, -0.2) is 43.5 Å². The maximum absolute atomic E-state index is 6.00. The fraction of sp³-hybridized carbons (Fsp3) is 0.438. The Labute approximate surface area is 146 Å². The van der Waals surface area contributed by atoms with Gasteiger partial charge in [0.1, 0.15) is 5.52 Å². The number of nitrogens with two attached hydrogens (primary N) is 1. The summed E-state index contributed by atoms with van der Waals surface area (Å²) < 4.78 is 3.68. The first kappa shape index (κ1) is 16.7. The number of piperidine rings is 1. The maximum Gasteiger partial charge on any atom is 0.155 e. The minimum absolute atomic E-state index is 0. The number of nitrogens with zero attached hydrogens (tertiary/aromatic N) is 6. The van der Waals surface area contributed by atoms with Crippen molar-refractivity contribution in [3.8, 4) is 11.3 Å². The summed E-state index contributed by atoms with van der Waals surface area (Å²) in [5.41, 5.74) is 8.90. The van der Waals surface area contributed by atoms with E-state index in [9.17, 15) is 0 Å². The van der Waals surface area contributed by atoms with E-state index in [1.54, 1.807) is 4.68 Å². The van der Waals surface area contributed by atoms with Crippen LogP contribution in [0.15, 0.2) is 30.9 Å². The number of fused-ring (bicyclic) bond motifs is 1. The van der Waals surface area contributed by atoms with Crippen LogP contribution in [0.4, 0.5) is 5.82 Å². The Balaban J connectivity index is 0.00000169. The standard InChI is InChI=1S/C16H21N7.ClH/c1-21-10-12(9-19-21)14-11-23-15(5-6-18-23)16(20-14)22-7-3-2-4-13(22)8-17;/h5-6,9-11,13H,2-4,7-8,17H2,1H3;1H. The lowest BCUT2D eigenvalue weighted by molar-refractivity contribution is 0.462. The second kappa shape index (κ2) is 6.78. The van der Waals surface area contributed by atoms with Gasteiger partial charge in [0.2, 0.25) is 0 Å². The third-order valence-electron chi connectivity index (χ3n) is 4.54. The zero-order valence-electron chi connectivity index (χ0n) is 13.7. The molecule has 8 heteroatoms. The molecule has 4 rings (SSSR count). The number of halogens is 1. The highest BCUT2D eigenvalue weighted by Crippen LogP contribution is 2.29. The number of anilines is 1. The van der Waals surface area contributed by atoms with Crippen LogP contribution < -0.4 is 10.6 Å². The van der Waals surface area contributed by atoms with E-state index in [1.165, 1.54) is 12.8 Å². The Morgan fingerprint density at radius 1 is 1.25 bits per heavy atom. The van der Waals surface area contributed by atoms with Gasteiger partial charge in [-0.3, -0.25) is 4.68 Å². The molecule has 0 aromatic carbocycles. The molecule has 1 aliphatic heterocycles. The molecule has 2 N–H and O–H groups in total. The summed E-state index contributed by atoms with van der Waals surface area (Å²) in [6.07, 6.45) is 11.1. The van der Waals surface area contributed by atoms with Crippen LogP contribution in [0.3, 0.4) is 0 Å². The van der Waals surface area contributed by atoms with Crippen LogP contribution in [0.2, 0.25) is 0 Å².